The number of nitrogens with zero attached hydrogens (tertiary/aromatic N) is 4. The van der Waals surface area contributed by atoms with E-state index in [0.29, 0.717) is 17.5 Å². The molecule has 1 aliphatic heterocycles. The molecule has 1 aromatic carbocycles. The van der Waals surface area contributed by atoms with Crippen molar-refractivity contribution in [2.45, 2.75) is 33.2 Å². The Morgan fingerprint density at radius 1 is 1.17 bits per heavy atom. The highest BCUT2D eigenvalue weighted by Gasteiger charge is 2.25. The van der Waals surface area contributed by atoms with Gasteiger partial charge in [0.1, 0.15) is 17.4 Å². The third-order valence-electron chi connectivity index (χ3n) is 4.16. The first-order chi connectivity index (χ1) is 11.6. The van der Waals surface area contributed by atoms with Gasteiger partial charge in [0.25, 0.3) is 0 Å². The van der Waals surface area contributed by atoms with E-state index in [1.54, 1.807) is 11.3 Å². The molecule has 4 rings (SSSR count). The van der Waals surface area contributed by atoms with Crippen LogP contribution in [0.15, 0.2) is 35.3 Å². The van der Waals surface area contributed by atoms with Crippen molar-refractivity contribution in [1.82, 2.24) is 14.8 Å². The molecule has 4 nitrogen and oxygen atoms in total. The highest BCUT2D eigenvalue weighted by molar-refractivity contribution is 7.15. The fourth-order valence-corrected chi connectivity index (χ4v) is 4.37. The van der Waals surface area contributed by atoms with Gasteiger partial charge in [-0.05, 0) is 25.0 Å². The SMILES string of the molecule is Cc1nnc2n1-c1sc(C(C)C)cc1C(c1ccccc1Cl)=NC2. The Hall–Kier alpha value is -1.98. The largest absolute Gasteiger partial charge is 0.276 e. The molecule has 0 N–H and O–H groups in total. The van der Waals surface area contributed by atoms with Crippen molar-refractivity contribution < 1.29 is 0 Å². The molecule has 3 aromatic rings. The Labute approximate surface area is 149 Å². The average molecular weight is 357 g/mol. The summed E-state index contributed by atoms with van der Waals surface area (Å²) in [6, 6.07) is 10.1. The minimum atomic E-state index is 0.453. The number of rotatable bonds is 2. The number of hydrogen-bond acceptors (Lipinski definition) is 4. The zero-order valence-corrected chi connectivity index (χ0v) is 15.3. The van der Waals surface area contributed by atoms with E-state index in [2.05, 4.69) is 34.7 Å². The lowest BCUT2D eigenvalue weighted by Gasteiger charge is -2.08. The van der Waals surface area contributed by atoms with E-state index >= 15 is 0 Å². The lowest BCUT2D eigenvalue weighted by Crippen LogP contribution is -2.05. The topological polar surface area (TPSA) is 43.1 Å². The normalized spacial score (nSPS) is 13.5. The molecule has 0 aliphatic carbocycles. The van der Waals surface area contributed by atoms with Crippen molar-refractivity contribution in [1.29, 1.82) is 0 Å². The number of benzene rings is 1. The van der Waals surface area contributed by atoms with Crippen LogP contribution in [0.3, 0.4) is 0 Å². The van der Waals surface area contributed by atoms with E-state index in [9.17, 15) is 0 Å². The summed E-state index contributed by atoms with van der Waals surface area (Å²) in [7, 11) is 0. The van der Waals surface area contributed by atoms with Gasteiger partial charge in [-0.1, -0.05) is 43.6 Å². The van der Waals surface area contributed by atoms with Gasteiger partial charge in [0.15, 0.2) is 5.82 Å². The first-order valence-corrected chi connectivity index (χ1v) is 9.10. The molecule has 0 amide bonds. The number of aliphatic imine (C=N–C) groups is 1. The fraction of sp³-hybridized carbons (Fsp3) is 0.278. The van der Waals surface area contributed by atoms with E-state index in [-0.39, 0.29) is 0 Å². The quantitative estimate of drug-likeness (QED) is 0.664. The molecule has 3 heterocycles. The average Bonchev–Trinajstić information content (AvgIpc) is 3.10. The molecule has 0 atom stereocenters. The molecule has 6 heteroatoms. The van der Waals surface area contributed by atoms with Crippen molar-refractivity contribution >= 4 is 28.6 Å². The predicted octanol–water partition coefficient (Wildman–Crippen LogP) is 4.77. The summed E-state index contributed by atoms with van der Waals surface area (Å²) >= 11 is 8.23. The van der Waals surface area contributed by atoms with Crippen LogP contribution in [0.2, 0.25) is 5.02 Å². The molecule has 0 bridgehead atoms. The number of fused-ring (bicyclic) bond motifs is 3. The van der Waals surface area contributed by atoms with Crippen molar-refractivity contribution in [3.8, 4) is 5.00 Å². The summed E-state index contributed by atoms with van der Waals surface area (Å²) in [5, 5.41) is 10.4. The van der Waals surface area contributed by atoms with Crippen LogP contribution in [0.4, 0.5) is 0 Å². The minimum absolute atomic E-state index is 0.453. The molecule has 0 fully saturated rings. The second-order valence-electron chi connectivity index (χ2n) is 6.17. The summed E-state index contributed by atoms with van der Waals surface area (Å²) in [6.07, 6.45) is 0. The summed E-state index contributed by atoms with van der Waals surface area (Å²) in [5.41, 5.74) is 3.01. The smallest absolute Gasteiger partial charge is 0.160 e. The number of aromatic nitrogens is 3. The van der Waals surface area contributed by atoms with E-state index in [0.717, 1.165) is 33.5 Å². The van der Waals surface area contributed by atoms with Crippen LogP contribution in [-0.2, 0) is 6.54 Å². The molecule has 1 aliphatic rings. The molecule has 122 valence electrons. The summed E-state index contributed by atoms with van der Waals surface area (Å²) in [6.45, 7) is 6.89. The van der Waals surface area contributed by atoms with Gasteiger partial charge < -0.3 is 0 Å². The van der Waals surface area contributed by atoms with Crippen LogP contribution in [0.25, 0.3) is 5.00 Å². The van der Waals surface area contributed by atoms with Crippen LogP contribution >= 0.6 is 22.9 Å². The lowest BCUT2D eigenvalue weighted by molar-refractivity contribution is 0.869. The molecule has 0 saturated carbocycles. The van der Waals surface area contributed by atoms with Crippen molar-refractivity contribution in [2.75, 3.05) is 0 Å². The van der Waals surface area contributed by atoms with Gasteiger partial charge in [-0.25, -0.2) is 0 Å². The molecule has 0 unspecified atom stereocenters. The van der Waals surface area contributed by atoms with Crippen LogP contribution in [-0.4, -0.2) is 20.5 Å². The van der Waals surface area contributed by atoms with Gasteiger partial charge in [0.2, 0.25) is 0 Å². The first-order valence-electron chi connectivity index (χ1n) is 7.91. The Balaban J connectivity index is 1.99. The second-order valence-corrected chi connectivity index (χ2v) is 7.64. The third kappa shape index (κ3) is 2.39. The number of hydrogen-bond donors (Lipinski definition) is 0. The maximum atomic E-state index is 6.45. The maximum Gasteiger partial charge on any atom is 0.160 e. The van der Waals surface area contributed by atoms with E-state index in [4.69, 9.17) is 16.6 Å². The van der Waals surface area contributed by atoms with Crippen LogP contribution in [0.5, 0.6) is 0 Å². The molecule has 0 spiro atoms. The second kappa shape index (κ2) is 5.83. The standard InChI is InChI=1S/C18H17ClN4S/c1-10(2)15-8-13-17(12-6-4-5-7-14(12)19)20-9-16-22-21-11(3)23(16)18(13)24-15/h4-8,10H,9H2,1-3H3. The molecule has 24 heavy (non-hydrogen) atoms. The molecular weight excluding hydrogens is 340 g/mol. The predicted molar refractivity (Wildman–Crippen MR) is 98.9 cm³/mol. The van der Waals surface area contributed by atoms with Crippen LogP contribution < -0.4 is 0 Å². The third-order valence-corrected chi connectivity index (χ3v) is 5.91. The van der Waals surface area contributed by atoms with Crippen LogP contribution in [0, 0.1) is 6.92 Å². The first kappa shape index (κ1) is 15.5. The van der Waals surface area contributed by atoms with Crippen molar-refractivity contribution in [3.05, 3.63) is 63.0 Å². The maximum absolute atomic E-state index is 6.45. The molecule has 0 saturated heterocycles. The Bertz CT molecular complexity index is 952. The van der Waals surface area contributed by atoms with E-state index in [1.165, 1.54) is 4.88 Å². The van der Waals surface area contributed by atoms with Gasteiger partial charge in [-0.2, -0.15) is 0 Å². The van der Waals surface area contributed by atoms with Gasteiger partial charge >= 0.3 is 0 Å². The van der Waals surface area contributed by atoms with Gasteiger partial charge in [-0.15, -0.1) is 21.5 Å². The Morgan fingerprint density at radius 2 is 1.96 bits per heavy atom. The highest BCUT2D eigenvalue weighted by Crippen LogP contribution is 2.36. The molecular formula is C18H17ClN4S. The van der Waals surface area contributed by atoms with Gasteiger partial charge in [-0.3, -0.25) is 9.56 Å². The summed E-state index contributed by atoms with van der Waals surface area (Å²) in [5.74, 6) is 2.21. The van der Waals surface area contributed by atoms with E-state index in [1.807, 2.05) is 31.2 Å². The van der Waals surface area contributed by atoms with E-state index < -0.39 is 0 Å². The summed E-state index contributed by atoms with van der Waals surface area (Å²) < 4.78 is 2.12. The lowest BCUT2D eigenvalue weighted by atomic mass is 10.0. The molecule has 0 radical (unpaired) electrons. The molecule has 2 aromatic heterocycles. The zero-order valence-electron chi connectivity index (χ0n) is 13.7. The highest BCUT2D eigenvalue weighted by atomic mass is 35.5. The summed E-state index contributed by atoms with van der Waals surface area (Å²) in [4.78, 5) is 6.16. The number of thiophene rings is 1. The van der Waals surface area contributed by atoms with Gasteiger partial charge in [0, 0.05) is 21.0 Å². The monoisotopic (exact) mass is 356 g/mol. The number of aryl methyl sites for hydroxylation is 1. The van der Waals surface area contributed by atoms with Crippen molar-refractivity contribution in [2.24, 2.45) is 4.99 Å². The van der Waals surface area contributed by atoms with Gasteiger partial charge in [0.05, 0.1) is 5.71 Å². The van der Waals surface area contributed by atoms with Crippen molar-refractivity contribution in [3.63, 3.8) is 0 Å². The Morgan fingerprint density at radius 3 is 2.71 bits per heavy atom. The zero-order chi connectivity index (χ0) is 16.8. The minimum Gasteiger partial charge on any atom is -0.276 e. The van der Waals surface area contributed by atoms with Crippen LogP contribution in [0.1, 0.15) is 47.4 Å². The number of halogens is 1. The Kier molecular flexibility index (Phi) is 3.77. The fourth-order valence-electron chi connectivity index (χ4n) is 2.91.